The Bertz CT molecular complexity index is 1110. The average molecular weight is 479 g/mol. The van der Waals surface area contributed by atoms with Crippen LogP contribution in [0.1, 0.15) is 53.4 Å². The van der Waals surface area contributed by atoms with Crippen molar-refractivity contribution in [2.24, 2.45) is 11.8 Å². The van der Waals surface area contributed by atoms with E-state index in [1.54, 1.807) is 45.0 Å². The van der Waals surface area contributed by atoms with Gasteiger partial charge in [-0.05, 0) is 63.5 Å². The molecule has 4 rings (SSSR count). The normalized spacial score (nSPS) is 28.8. The van der Waals surface area contributed by atoms with Gasteiger partial charge in [0, 0.05) is 35.9 Å². The monoisotopic (exact) mass is 478 g/mol. The molecule has 2 aliphatic heterocycles. The Hall–Kier alpha value is -1.48. The molecule has 2 heterocycles. The van der Waals surface area contributed by atoms with Crippen molar-refractivity contribution in [3.8, 4) is 0 Å². The summed E-state index contributed by atoms with van der Waals surface area (Å²) in [6, 6.07) is 9.79. The fourth-order valence-electron chi connectivity index (χ4n) is 5.23. The highest BCUT2D eigenvalue weighted by Gasteiger charge is 2.37. The molecule has 8 heteroatoms. The number of benzene rings is 2. The first-order chi connectivity index (χ1) is 15.1. The molecule has 2 saturated heterocycles. The lowest BCUT2D eigenvalue weighted by Gasteiger charge is -2.37. The molecule has 0 bridgehead atoms. The van der Waals surface area contributed by atoms with E-state index >= 15 is 0 Å². The summed E-state index contributed by atoms with van der Waals surface area (Å²) < 4.78 is 57.9. The third kappa shape index (κ3) is 3.89. The number of hydrogen-bond acceptors (Lipinski definition) is 4. The summed E-state index contributed by atoms with van der Waals surface area (Å²) >= 11 is 0. The largest absolute Gasteiger partial charge is 0.243 e. The molecule has 2 fully saturated rings. The van der Waals surface area contributed by atoms with Gasteiger partial charge in [0.25, 0.3) is 0 Å². The summed E-state index contributed by atoms with van der Waals surface area (Å²) in [7, 11) is -7.50. The van der Waals surface area contributed by atoms with Crippen LogP contribution in [0.15, 0.2) is 46.2 Å². The molecule has 2 aromatic rings. The molecule has 0 saturated carbocycles. The third-order valence-corrected chi connectivity index (χ3v) is 11.7. The molecule has 0 unspecified atom stereocenters. The number of nitrogens with zero attached hydrogens (tertiary/aromatic N) is 2. The highest BCUT2D eigenvalue weighted by Crippen LogP contribution is 2.36. The Morgan fingerprint density at radius 2 is 1.03 bits per heavy atom. The number of fused-ring (bicyclic) bond motifs is 1. The summed E-state index contributed by atoms with van der Waals surface area (Å²) in [5.74, 6) is 0.569. The van der Waals surface area contributed by atoms with E-state index in [2.05, 4.69) is 13.8 Å². The van der Waals surface area contributed by atoms with Crippen molar-refractivity contribution in [2.75, 3.05) is 13.1 Å². The molecule has 176 valence electrons. The molecular formula is C24H34N2O4S2. The van der Waals surface area contributed by atoms with E-state index in [-0.39, 0.29) is 33.7 Å². The zero-order valence-corrected chi connectivity index (χ0v) is 21.0. The minimum absolute atomic E-state index is 0.0911. The van der Waals surface area contributed by atoms with Crippen LogP contribution in [0, 0.1) is 11.8 Å². The van der Waals surface area contributed by atoms with Crippen molar-refractivity contribution in [3.63, 3.8) is 0 Å². The van der Waals surface area contributed by atoms with Gasteiger partial charge in [0.05, 0.1) is 9.79 Å². The SMILES string of the molecule is C[C@@H]1CCCN(S(=O)(=O)c2cccc3c(S(=O)(=O)N4CCC[C@H](C)[C@H]4C)cccc23)[C@H]1C. The lowest BCUT2D eigenvalue weighted by molar-refractivity contribution is 0.202. The highest BCUT2D eigenvalue weighted by molar-refractivity contribution is 7.89. The Morgan fingerprint density at radius 3 is 1.41 bits per heavy atom. The van der Waals surface area contributed by atoms with Crippen LogP contribution >= 0.6 is 0 Å². The third-order valence-electron chi connectivity index (χ3n) is 7.65. The second-order valence-corrected chi connectivity index (χ2v) is 13.3. The van der Waals surface area contributed by atoms with Crippen molar-refractivity contribution in [1.82, 2.24) is 8.61 Å². The highest BCUT2D eigenvalue weighted by atomic mass is 32.2. The van der Waals surface area contributed by atoms with Gasteiger partial charge in [-0.25, -0.2) is 16.8 Å². The van der Waals surface area contributed by atoms with Gasteiger partial charge in [-0.3, -0.25) is 0 Å². The van der Waals surface area contributed by atoms with Crippen LogP contribution < -0.4 is 0 Å². The number of sulfonamides is 2. The topological polar surface area (TPSA) is 74.8 Å². The van der Waals surface area contributed by atoms with Crippen LogP contribution in [0.5, 0.6) is 0 Å². The molecular weight excluding hydrogens is 444 g/mol. The second kappa shape index (κ2) is 8.70. The van der Waals surface area contributed by atoms with Crippen LogP contribution in [-0.4, -0.2) is 50.6 Å². The van der Waals surface area contributed by atoms with Crippen LogP contribution in [0.4, 0.5) is 0 Å². The summed E-state index contributed by atoms with van der Waals surface area (Å²) in [4.78, 5) is 0.376. The van der Waals surface area contributed by atoms with E-state index < -0.39 is 20.0 Å². The minimum atomic E-state index is -3.75. The minimum Gasteiger partial charge on any atom is -0.207 e. The molecule has 2 aliphatic rings. The Kier molecular flexibility index (Phi) is 6.44. The molecule has 2 aromatic carbocycles. The van der Waals surface area contributed by atoms with Crippen molar-refractivity contribution in [1.29, 1.82) is 0 Å². The molecule has 4 atom stereocenters. The van der Waals surface area contributed by atoms with E-state index in [1.165, 1.54) is 0 Å². The van der Waals surface area contributed by atoms with E-state index in [4.69, 9.17) is 0 Å². The van der Waals surface area contributed by atoms with Gasteiger partial charge in [-0.1, -0.05) is 38.1 Å². The first-order valence-corrected chi connectivity index (χ1v) is 14.5. The predicted molar refractivity (Wildman–Crippen MR) is 127 cm³/mol. The van der Waals surface area contributed by atoms with Gasteiger partial charge in [-0.15, -0.1) is 0 Å². The molecule has 0 amide bonds. The van der Waals surface area contributed by atoms with E-state index in [1.807, 2.05) is 13.8 Å². The second-order valence-electron chi connectivity index (χ2n) is 9.56. The summed E-state index contributed by atoms with van der Waals surface area (Å²) in [6.45, 7) is 9.07. The smallest absolute Gasteiger partial charge is 0.207 e. The van der Waals surface area contributed by atoms with E-state index in [0.717, 1.165) is 25.7 Å². The maximum atomic E-state index is 13.7. The average Bonchev–Trinajstić information content (AvgIpc) is 2.76. The van der Waals surface area contributed by atoms with Crippen molar-refractivity contribution in [2.45, 2.75) is 75.3 Å². The Labute approximate surface area is 192 Å². The van der Waals surface area contributed by atoms with Crippen LogP contribution in [0.25, 0.3) is 10.8 Å². The molecule has 0 aromatic heterocycles. The molecule has 0 aliphatic carbocycles. The fraction of sp³-hybridized carbons (Fsp3) is 0.583. The van der Waals surface area contributed by atoms with Crippen molar-refractivity contribution >= 4 is 30.8 Å². The van der Waals surface area contributed by atoms with Gasteiger partial charge in [0.2, 0.25) is 20.0 Å². The molecule has 6 nitrogen and oxygen atoms in total. The van der Waals surface area contributed by atoms with Crippen molar-refractivity contribution < 1.29 is 16.8 Å². The fourth-order valence-corrected chi connectivity index (χ4v) is 9.18. The van der Waals surface area contributed by atoms with Gasteiger partial charge in [0.1, 0.15) is 0 Å². The quantitative estimate of drug-likeness (QED) is 0.650. The van der Waals surface area contributed by atoms with Gasteiger partial charge in [-0.2, -0.15) is 8.61 Å². The van der Waals surface area contributed by atoms with Crippen LogP contribution in [-0.2, 0) is 20.0 Å². The zero-order valence-electron chi connectivity index (χ0n) is 19.4. The molecule has 0 radical (unpaired) electrons. The number of piperidine rings is 2. The standard InChI is InChI=1S/C24H34N2O4S2/c1-17-9-7-15-25(19(17)3)31(27,28)23-13-5-12-22-21(23)11-6-14-24(22)32(29,30)26-16-8-10-18(2)20(26)4/h5-6,11-14,17-20H,7-10,15-16H2,1-4H3/t17-,18+,19+,20-. The maximum absolute atomic E-state index is 13.7. The lowest BCUT2D eigenvalue weighted by Crippen LogP contribution is -2.46. The number of rotatable bonds is 4. The van der Waals surface area contributed by atoms with Crippen molar-refractivity contribution in [3.05, 3.63) is 36.4 Å². The van der Waals surface area contributed by atoms with Gasteiger partial charge >= 0.3 is 0 Å². The van der Waals surface area contributed by atoms with Gasteiger partial charge < -0.3 is 0 Å². The Balaban J connectivity index is 1.84. The zero-order chi connectivity index (χ0) is 23.3. The molecule has 0 N–H and O–H groups in total. The van der Waals surface area contributed by atoms with Gasteiger partial charge in [0.15, 0.2) is 0 Å². The number of hydrogen-bond donors (Lipinski definition) is 0. The van der Waals surface area contributed by atoms with E-state index in [0.29, 0.717) is 23.9 Å². The predicted octanol–water partition coefficient (Wildman–Crippen LogP) is 4.46. The molecule has 32 heavy (non-hydrogen) atoms. The summed E-state index contributed by atoms with van der Waals surface area (Å²) in [6.07, 6.45) is 3.69. The maximum Gasteiger partial charge on any atom is 0.243 e. The first kappa shape index (κ1) is 23.7. The first-order valence-electron chi connectivity index (χ1n) is 11.6. The van der Waals surface area contributed by atoms with Crippen LogP contribution in [0.3, 0.4) is 0 Å². The molecule has 0 spiro atoms. The Morgan fingerprint density at radius 1 is 0.656 bits per heavy atom. The van der Waals surface area contributed by atoms with E-state index in [9.17, 15) is 16.8 Å². The summed E-state index contributed by atoms with van der Waals surface area (Å²) in [5.41, 5.74) is 0. The summed E-state index contributed by atoms with van der Waals surface area (Å²) in [5, 5.41) is 0.938. The lowest BCUT2D eigenvalue weighted by atomic mass is 9.94. The van der Waals surface area contributed by atoms with Crippen LogP contribution in [0.2, 0.25) is 0 Å².